The minimum absolute atomic E-state index is 0.0441. The van der Waals surface area contributed by atoms with E-state index in [9.17, 15) is 14.0 Å². The molecule has 138 valence electrons. The maximum atomic E-state index is 13.6. The molecule has 26 heavy (non-hydrogen) atoms. The number of rotatable bonds is 7. The van der Waals surface area contributed by atoms with Gasteiger partial charge in [-0.05, 0) is 43.2 Å². The van der Waals surface area contributed by atoms with Crippen molar-refractivity contribution in [1.29, 1.82) is 0 Å². The Balaban J connectivity index is 1.99. The largest absolute Gasteiger partial charge is 0.350 e. The van der Waals surface area contributed by atoms with Crippen LogP contribution >= 0.6 is 0 Å². The van der Waals surface area contributed by atoms with Crippen LogP contribution in [0.3, 0.4) is 0 Å². The predicted octanol–water partition coefficient (Wildman–Crippen LogP) is 2.92. The second kappa shape index (κ2) is 9.10. The quantitative estimate of drug-likeness (QED) is 0.712. The van der Waals surface area contributed by atoms with Gasteiger partial charge in [0.05, 0.1) is 12.5 Å². The highest BCUT2D eigenvalue weighted by atomic mass is 19.1. The number of anilines is 1. The minimum Gasteiger partial charge on any atom is -0.350 e. The highest BCUT2D eigenvalue weighted by Crippen LogP contribution is 2.18. The van der Waals surface area contributed by atoms with Gasteiger partial charge in [-0.15, -0.1) is 0 Å². The fourth-order valence-electron chi connectivity index (χ4n) is 2.58. The van der Waals surface area contributed by atoms with Gasteiger partial charge >= 0.3 is 0 Å². The van der Waals surface area contributed by atoms with E-state index in [1.807, 2.05) is 13.0 Å². The van der Waals surface area contributed by atoms with Gasteiger partial charge in [0, 0.05) is 18.2 Å². The molecular weight excluding hydrogens is 333 g/mol. The zero-order chi connectivity index (χ0) is 19.1. The Hall–Kier alpha value is -2.73. The van der Waals surface area contributed by atoms with Crippen LogP contribution in [-0.2, 0) is 16.0 Å². The van der Waals surface area contributed by atoms with Gasteiger partial charge in [0.2, 0.25) is 11.8 Å². The first-order valence-corrected chi connectivity index (χ1v) is 8.53. The Labute approximate surface area is 152 Å². The van der Waals surface area contributed by atoms with Gasteiger partial charge in [-0.2, -0.15) is 0 Å². The number of hydrogen-bond acceptors (Lipinski definition) is 3. The van der Waals surface area contributed by atoms with E-state index < -0.39 is 5.82 Å². The van der Waals surface area contributed by atoms with Gasteiger partial charge in [-0.25, -0.2) is 4.39 Å². The molecule has 2 atom stereocenters. The van der Waals surface area contributed by atoms with Crippen molar-refractivity contribution in [2.45, 2.75) is 38.8 Å². The molecule has 0 aliphatic rings. The summed E-state index contributed by atoms with van der Waals surface area (Å²) < 4.78 is 13.6. The van der Waals surface area contributed by atoms with Gasteiger partial charge in [0.25, 0.3) is 0 Å². The fraction of sp³-hybridized carbons (Fsp3) is 0.300. The normalized spacial score (nSPS) is 12.9. The van der Waals surface area contributed by atoms with E-state index in [1.54, 1.807) is 43.3 Å². The highest BCUT2D eigenvalue weighted by molar-refractivity contribution is 5.92. The highest BCUT2D eigenvalue weighted by Gasteiger charge is 2.13. The van der Waals surface area contributed by atoms with Crippen molar-refractivity contribution in [1.82, 2.24) is 5.32 Å². The van der Waals surface area contributed by atoms with E-state index in [2.05, 4.69) is 10.6 Å². The summed E-state index contributed by atoms with van der Waals surface area (Å²) in [6.07, 6.45) is 0.209. The minimum atomic E-state index is -0.401. The van der Waals surface area contributed by atoms with Crippen molar-refractivity contribution in [3.05, 3.63) is 65.5 Å². The van der Waals surface area contributed by atoms with Gasteiger partial charge in [-0.1, -0.05) is 30.3 Å². The lowest BCUT2D eigenvalue weighted by atomic mass is 10.1. The zero-order valence-corrected chi connectivity index (χ0v) is 15.0. The number of amides is 2. The molecule has 2 rings (SSSR count). The summed E-state index contributed by atoms with van der Waals surface area (Å²) in [5, 5.41) is 5.63. The molecule has 2 aromatic carbocycles. The van der Waals surface area contributed by atoms with Crippen LogP contribution in [0.1, 0.15) is 37.4 Å². The van der Waals surface area contributed by atoms with E-state index in [0.29, 0.717) is 11.3 Å². The van der Waals surface area contributed by atoms with Crippen molar-refractivity contribution in [3.63, 3.8) is 0 Å². The van der Waals surface area contributed by atoms with Crippen molar-refractivity contribution < 1.29 is 14.0 Å². The zero-order valence-electron chi connectivity index (χ0n) is 15.0. The topological polar surface area (TPSA) is 84.2 Å². The summed E-state index contributed by atoms with van der Waals surface area (Å²) in [5.74, 6) is -0.829. The molecule has 0 spiro atoms. The van der Waals surface area contributed by atoms with Crippen LogP contribution in [0.25, 0.3) is 0 Å². The van der Waals surface area contributed by atoms with Crippen molar-refractivity contribution in [2.75, 3.05) is 5.32 Å². The van der Waals surface area contributed by atoms with Gasteiger partial charge < -0.3 is 16.4 Å². The number of hydrogen-bond donors (Lipinski definition) is 3. The number of nitrogens with one attached hydrogen (secondary N) is 2. The van der Waals surface area contributed by atoms with Crippen LogP contribution in [0.4, 0.5) is 10.1 Å². The molecule has 0 aromatic heterocycles. The molecule has 2 unspecified atom stereocenters. The SMILES string of the molecule is CC(N)CC(=O)NC(C)c1cccc(NC(=O)Cc2ccccc2F)c1. The number of halogens is 1. The molecular formula is C20H24FN3O2. The molecule has 2 aromatic rings. The Morgan fingerprint density at radius 2 is 1.81 bits per heavy atom. The summed E-state index contributed by atoms with van der Waals surface area (Å²) in [4.78, 5) is 24.0. The van der Waals surface area contributed by atoms with Crippen LogP contribution < -0.4 is 16.4 Å². The Bertz CT molecular complexity index is 777. The fourth-order valence-corrected chi connectivity index (χ4v) is 2.58. The molecule has 0 bridgehead atoms. The number of carbonyl (C=O) groups excluding carboxylic acids is 2. The summed E-state index contributed by atoms with van der Waals surface area (Å²) >= 11 is 0. The molecule has 0 saturated carbocycles. The van der Waals surface area contributed by atoms with Crippen LogP contribution in [0.5, 0.6) is 0 Å². The second-order valence-corrected chi connectivity index (χ2v) is 6.41. The van der Waals surface area contributed by atoms with Gasteiger partial charge in [0.15, 0.2) is 0 Å². The molecule has 0 aliphatic carbocycles. The second-order valence-electron chi connectivity index (χ2n) is 6.41. The summed E-state index contributed by atoms with van der Waals surface area (Å²) in [7, 11) is 0. The molecule has 0 fully saturated rings. The van der Waals surface area contributed by atoms with E-state index in [1.165, 1.54) is 6.07 Å². The molecule has 2 amide bonds. The van der Waals surface area contributed by atoms with Crippen LogP contribution in [0.15, 0.2) is 48.5 Å². The van der Waals surface area contributed by atoms with Crippen LogP contribution in [-0.4, -0.2) is 17.9 Å². The number of nitrogens with two attached hydrogens (primary N) is 1. The average Bonchev–Trinajstić information content (AvgIpc) is 2.56. The smallest absolute Gasteiger partial charge is 0.228 e. The number of carbonyl (C=O) groups is 2. The maximum absolute atomic E-state index is 13.6. The third-order valence-corrected chi connectivity index (χ3v) is 3.86. The molecule has 4 N–H and O–H groups in total. The van der Waals surface area contributed by atoms with E-state index in [0.717, 1.165) is 5.56 Å². The van der Waals surface area contributed by atoms with E-state index in [-0.39, 0.29) is 36.7 Å². The molecule has 6 heteroatoms. The maximum Gasteiger partial charge on any atom is 0.228 e. The third-order valence-electron chi connectivity index (χ3n) is 3.86. The van der Waals surface area contributed by atoms with Crippen molar-refractivity contribution in [2.24, 2.45) is 5.73 Å². The van der Waals surface area contributed by atoms with E-state index in [4.69, 9.17) is 5.73 Å². The summed E-state index contributed by atoms with van der Waals surface area (Å²) in [6.45, 7) is 3.63. The molecule has 5 nitrogen and oxygen atoms in total. The first-order chi connectivity index (χ1) is 12.3. The standard InChI is InChI=1S/C20H24FN3O2/c1-13(22)10-19(25)23-14(2)15-7-5-8-17(11-15)24-20(26)12-16-6-3-4-9-18(16)21/h3-9,11,13-14H,10,12,22H2,1-2H3,(H,23,25)(H,24,26). The number of benzene rings is 2. The van der Waals surface area contributed by atoms with Crippen molar-refractivity contribution in [3.8, 4) is 0 Å². The molecule has 0 saturated heterocycles. The predicted molar refractivity (Wildman–Crippen MR) is 100.0 cm³/mol. The Morgan fingerprint density at radius 1 is 1.08 bits per heavy atom. The Morgan fingerprint density at radius 3 is 2.50 bits per heavy atom. The average molecular weight is 357 g/mol. The summed E-state index contributed by atoms with van der Waals surface area (Å²) in [6, 6.07) is 13.0. The molecule has 0 radical (unpaired) electrons. The lowest BCUT2D eigenvalue weighted by Gasteiger charge is -2.16. The van der Waals surface area contributed by atoms with Gasteiger partial charge in [0.1, 0.15) is 5.82 Å². The van der Waals surface area contributed by atoms with Gasteiger partial charge in [-0.3, -0.25) is 9.59 Å². The monoisotopic (exact) mass is 357 g/mol. The third kappa shape index (κ3) is 5.97. The first kappa shape index (κ1) is 19.6. The first-order valence-electron chi connectivity index (χ1n) is 8.53. The summed E-state index contributed by atoms with van der Waals surface area (Å²) in [5.41, 5.74) is 7.42. The van der Waals surface area contributed by atoms with Crippen molar-refractivity contribution >= 4 is 17.5 Å². The molecule has 0 aliphatic heterocycles. The lowest BCUT2D eigenvalue weighted by Crippen LogP contribution is -2.31. The van der Waals surface area contributed by atoms with Crippen LogP contribution in [0, 0.1) is 5.82 Å². The lowest BCUT2D eigenvalue weighted by molar-refractivity contribution is -0.122. The van der Waals surface area contributed by atoms with E-state index >= 15 is 0 Å². The molecule has 0 heterocycles. The van der Waals surface area contributed by atoms with Crippen LogP contribution in [0.2, 0.25) is 0 Å². The Kier molecular flexibility index (Phi) is 6.86.